The molecule has 0 aromatic heterocycles. The lowest BCUT2D eigenvalue weighted by molar-refractivity contribution is 0.162. The highest BCUT2D eigenvalue weighted by molar-refractivity contribution is 5.31. The SMILES string of the molecule is C=CC1(C=C)CCN(Cc2cccc(F)c2C(C)C)CC1. The van der Waals surface area contributed by atoms with Crippen LogP contribution in [0.5, 0.6) is 0 Å². The largest absolute Gasteiger partial charge is 0.299 e. The number of allylic oxidation sites excluding steroid dienone is 2. The summed E-state index contributed by atoms with van der Waals surface area (Å²) in [5.74, 6) is 0.137. The van der Waals surface area contributed by atoms with Gasteiger partial charge in [0.05, 0.1) is 0 Å². The standard InChI is InChI=1S/C19H26FN/c1-5-19(6-2)10-12-21(13-11-19)14-16-8-7-9-17(20)18(16)15(3)4/h5-9,15H,1-2,10-14H2,3-4H3. The van der Waals surface area contributed by atoms with Crippen LogP contribution in [0.25, 0.3) is 0 Å². The van der Waals surface area contributed by atoms with Gasteiger partial charge in [-0.1, -0.05) is 38.1 Å². The predicted molar refractivity (Wildman–Crippen MR) is 87.8 cm³/mol. The van der Waals surface area contributed by atoms with Crippen molar-refractivity contribution in [3.63, 3.8) is 0 Å². The van der Waals surface area contributed by atoms with Crippen LogP contribution in [-0.4, -0.2) is 18.0 Å². The fraction of sp³-hybridized carbons (Fsp3) is 0.474. The minimum atomic E-state index is -0.0777. The Bertz CT molecular complexity index is 500. The average Bonchev–Trinajstić information content (AvgIpc) is 2.48. The fourth-order valence-electron chi connectivity index (χ4n) is 3.23. The van der Waals surface area contributed by atoms with Gasteiger partial charge in [-0.05, 0) is 49.0 Å². The maximum Gasteiger partial charge on any atom is 0.126 e. The molecule has 21 heavy (non-hydrogen) atoms. The topological polar surface area (TPSA) is 3.24 Å². The third kappa shape index (κ3) is 3.44. The molecule has 1 aromatic rings. The number of likely N-dealkylation sites (tertiary alicyclic amines) is 1. The molecule has 0 bridgehead atoms. The lowest BCUT2D eigenvalue weighted by Gasteiger charge is -2.38. The number of benzene rings is 1. The second-order valence-electron chi connectivity index (χ2n) is 6.38. The molecule has 1 nitrogen and oxygen atoms in total. The Morgan fingerprint density at radius 1 is 1.24 bits per heavy atom. The van der Waals surface area contributed by atoms with Crippen LogP contribution in [-0.2, 0) is 6.54 Å². The Morgan fingerprint density at radius 2 is 1.86 bits per heavy atom. The Morgan fingerprint density at radius 3 is 2.38 bits per heavy atom. The van der Waals surface area contributed by atoms with Gasteiger partial charge >= 0.3 is 0 Å². The monoisotopic (exact) mass is 287 g/mol. The molecule has 0 atom stereocenters. The van der Waals surface area contributed by atoms with Crippen LogP contribution in [0.1, 0.15) is 43.7 Å². The van der Waals surface area contributed by atoms with E-state index >= 15 is 0 Å². The molecule has 0 unspecified atom stereocenters. The van der Waals surface area contributed by atoms with Gasteiger partial charge in [0.25, 0.3) is 0 Å². The first kappa shape index (κ1) is 16.0. The van der Waals surface area contributed by atoms with Crippen molar-refractivity contribution in [2.45, 2.75) is 39.2 Å². The molecule has 0 radical (unpaired) electrons. The summed E-state index contributed by atoms with van der Waals surface area (Å²) < 4.78 is 14.0. The Labute approximate surface area is 128 Å². The van der Waals surface area contributed by atoms with Crippen LogP contribution in [0.4, 0.5) is 4.39 Å². The van der Waals surface area contributed by atoms with Gasteiger partial charge in [-0.3, -0.25) is 4.90 Å². The number of hydrogen-bond donors (Lipinski definition) is 0. The summed E-state index contributed by atoms with van der Waals surface area (Å²) in [5.41, 5.74) is 2.07. The minimum Gasteiger partial charge on any atom is -0.299 e. The van der Waals surface area contributed by atoms with Crippen molar-refractivity contribution in [1.29, 1.82) is 0 Å². The van der Waals surface area contributed by atoms with Crippen LogP contribution in [0.3, 0.4) is 0 Å². The van der Waals surface area contributed by atoms with E-state index in [9.17, 15) is 4.39 Å². The zero-order valence-electron chi connectivity index (χ0n) is 13.2. The molecule has 0 aliphatic carbocycles. The second kappa shape index (κ2) is 6.57. The van der Waals surface area contributed by atoms with Crippen LogP contribution in [0.15, 0.2) is 43.5 Å². The molecular weight excluding hydrogens is 261 g/mol. The smallest absolute Gasteiger partial charge is 0.126 e. The molecule has 1 aliphatic rings. The molecule has 1 aliphatic heterocycles. The molecule has 1 fully saturated rings. The van der Waals surface area contributed by atoms with E-state index in [1.165, 1.54) is 0 Å². The molecule has 0 saturated carbocycles. The van der Waals surface area contributed by atoms with Crippen LogP contribution < -0.4 is 0 Å². The van der Waals surface area contributed by atoms with Crippen LogP contribution >= 0.6 is 0 Å². The lowest BCUT2D eigenvalue weighted by Crippen LogP contribution is -2.38. The van der Waals surface area contributed by atoms with Crippen molar-refractivity contribution < 1.29 is 4.39 Å². The quantitative estimate of drug-likeness (QED) is 0.696. The van der Waals surface area contributed by atoms with E-state index in [1.54, 1.807) is 6.07 Å². The number of piperidine rings is 1. The number of hydrogen-bond acceptors (Lipinski definition) is 1. The van der Waals surface area contributed by atoms with E-state index < -0.39 is 0 Å². The number of halogens is 1. The zero-order chi connectivity index (χ0) is 15.5. The van der Waals surface area contributed by atoms with E-state index in [-0.39, 0.29) is 17.2 Å². The average molecular weight is 287 g/mol. The van der Waals surface area contributed by atoms with Crippen molar-refractivity contribution in [2.24, 2.45) is 5.41 Å². The van der Waals surface area contributed by atoms with Crippen molar-refractivity contribution >= 4 is 0 Å². The van der Waals surface area contributed by atoms with Crippen LogP contribution in [0, 0.1) is 11.2 Å². The van der Waals surface area contributed by atoms with Gasteiger partial charge in [-0.15, -0.1) is 13.2 Å². The lowest BCUT2D eigenvalue weighted by atomic mass is 9.78. The predicted octanol–water partition coefficient (Wildman–Crippen LogP) is 4.90. The third-order valence-corrected chi connectivity index (χ3v) is 4.71. The highest BCUT2D eigenvalue weighted by Crippen LogP contribution is 2.34. The van der Waals surface area contributed by atoms with E-state index in [0.29, 0.717) is 0 Å². The molecule has 0 N–H and O–H groups in total. The van der Waals surface area contributed by atoms with Gasteiger partial charge in [0, 0.05) is 12.0 Å². The van der Waals surface area contributed by atoms with Gasteiger partial charge in [0.2, 0.25) is 0 Å². The van der Waals surface area contributed by atoms with Crippen molar-refractivity contribution in [1.82, 2.24) is 4.90 Å². The molecule has 1 aromatic carbocycles. The summed E-state index contributed by atoms with van der Waals surface area (Å²) in [7, 11) is 0. The minimum absolute atomic E-state index is 0.0777. The summed E-state index contributed by atoms with van der Waals surface area (Å²) in [5, 5.41) is 0. The summed E-state index contributed by atoms with van der Waals surface area (Å²) >= 11 is 0. The molecular formula is C19H26FN. The Hall–Kier alpha value is -1.41. The molecule has 2 heteroatoms. The van der Waals surface area contributed by atoms with Gasteiger partial charge in [-0.25, -0.2) is 4.39 Å². The molecule has 1 saturated heterocycles. The van der Waals surface area contributed by atoms with E-state index in [0.717, 1.165) is 43.6 Å². The number of nitrogens with zero attached hydrogens (tertiary/aromatic N) is 1. The first-order valence-electron chi connectivity index (χ1n) is 7.78. The second-order valence-corrected chi connectivity index (χ2v) is 6.38. The van der Waals surface area contributed by atoms with E-state index in [1.807, 2.05) is 18.2 Å². The third-order valence-electron chi connectivity index (χ3n) is 4.71. The van der Waals surface area contributed by atoms with Gasteiger partial charge in [-0.2, -0.15) is 0 Å². The van der Waals surface area contributed by atoms with Crippen molar-refractivity contribution in [2.75, 3.05) is 13.1 Å². The highest BCUT2D eigenvalue weighted by atomic mass is 19.1. The maximum absolute atomic E-state index is 14.0. The maximum atomic E-state index is 14.0. The van der Waals surface area contributed by atoms with Crippen molar-refractivity contribution in [3.8, 4) is 0 Å². The van der Waals surface area contributed by atoms with E-state index in [2.05, 4.69) is 38.0 Å². The molecule has 2 rings (SSSR count). The highest BCUT2D eigenvalue weighted by Gasteiger charge is 2.29. The fourth-order valence-corrected chi connectivity index (χ4v) is 3.23. The Kier molecular flexibility index (Phi) is 5.00. The van der Waals surface area contributed by atoms with Gasteiger partial charge < -0.3 is 0 Å². The zero-order valence-corrected chi connectivity index (χ0v) is 13.2. The Balaban J connectivity index is 2.09. The molecule has 114 valence electrons. The number of rotatable bonds is 5. The molecule has 0 spiro atoms. The molecule has 0 amide bonds. The van der Waals surface area contributed by atoms with E-state index in [4.69, 9.17) is 0 Å². The summed E-state index contributed by atoms with van der Waals surface area (Å²) in [4.78, 5) is 2.41. The first-order chi connectivity index (χ1) is 10.0. The van der Waals surface area contributed by atoms with Gasteiger partial charge in [0.1, 0.15) is 5.82 Å². The van der Waals surface area contributed by atoms with Crippen molar-refractivity contribution in [3.05, 3.63) is 60.5 Å². The summed E-state index contributed by atoms with van der Waals surface area (Å²) in [6, 6.07) is 5.44. The summed E-state index contributed by atoms with van der Waals surface area (Å²) in [6.07, 6.45) is 6.15. The normalized spacial score (nSPS) is 18.7. The van der Waals surface area contributed by atoms with Crippen LogP contribution in [0.2, 0.25) is 0 Å². The van der Waals surface area contributed by atoms with Gasteiger partial charge in [0.15, 0.2) is 0 Å². The summed E-state index contributed by atoms with van der Waals surface area (Å²) in [6.45, 7) is 14.8. The first-order valence-corrected chi connectivity index (χ1v) is 7.78. The molecule has 1 heterocycles.